The van der Waals surface area contributed by atoms with Gasteiger partial charge in [0.1, 0.15) is 7.85 Å². The van der Waals surface area contributed by atoms with Gasteiger partial charge in [-0.2, -0.15) is 0 Å². The van der Waals surface area contributed by atoms with Crippen molar-refractivity contribution in [3.05, 3.63) is 24.2 Å². The maximum Gasteiger partial charge on any atom is 0.116 e. The van der Waals surface area contributed by atoms with Crippen molar-refractivity contribution in [3.63, 3.8) is 0 Å². The van der Waals surface area contributed by atoms with Crippen molar-refractivity contribution >= 4 is 25.1 Å². The maximum atomic E-state index is 5.70. The summed E-state index contributed by atoms with van der Waals surface area (Å²) < 4.78 is 0. The van der Waals surface area contributed by atoms with E-state index in [0.717, 1.165) is 5.69 Å². The third kappa shape index (κ3) is 2.82. The molecule has 0 spiro atoms. The fourth-order valence-electron chi connectivity index (χ4n) is 0.868. The molecule has 4 heteroatoms. The number of rotatable bonds is 2. The molecule has 66 valence electrons. The highest BCUT2D eigenvalue weighted by Gasteiger charge is 1.95. The molecule has 3 nitrogen and oxygen atoms in total. The molecule has 0 bridgehead atoms. The van der Waals surface area contributed by atoms with Crippen LogP contribution in [0.5, 0.6) is 0 Å². The van der Waals surface area contributed by atoms with Gasteiger partial charge >= 0.3 is 0 Å². The highest BCUT2D eigenvalue weighted by molar-refractivity contribution is 6.32. The molecule has 0 aromatic carbocycles. The highest BCUT2D eigenvalue weighted by atomic mass is 15.0. The van der Waals surface area contributed by atoms with Gasteiger partial charge in [-0.25, -0.2) is 0 Å². The van der Waals surface area contributed by atoms with Gasteiger partial charge in [-0.1, -0.05) is 5.46 Å². The normalized spacial score (nSPS) is 10.6. The Morgan fingerprint density at radius 2 is 2.23 bits per heavy atom. The molecule has 0 saturated heterocycles. The first-order valence-corrected chi connectivity index (χ1v) is 3.95. The van der Waals surface area contributed by atoms with Crippen LogP contribution in [0.15, 0.2) is 18.5 Å². The topological polar surface area (TPSA) is 42.2 Å². The molecule has 13 heavy (non-hydrogen) atoms. The Labute approximate surface area is 79.7 Å². The molecule has 1 aromatic heterocycles. The summed E-state index contributed by atoms with van der Waals surface area (Å²) >= 11 is 0. The minimum absolute atomic E-state index is 0.583. The summed E-state index contributed by atoms with van der Waals surface area (Å²) in [4.78, 5) is 6.00. The maximum absolute atomic E-state index is 5.70. The van der Waals surface area contributed by atoms with E-state index in [4.69, 9.17) is 13.6 Å². The summed E-state index contributed by atoms with van der Waals surface area (Å²) in [7, 11) is 9.38. The minimum Gasteiger partial charge on any atom is -0.397 e. The quantitative estimate of drug-likeness (QED) is 0.639. The zero-order valence-electron chi connectivity index (χ0n) is 7.86. The van der Waals surface area contributed by atoms with Gasteiger partial charge in [0.2, 0.25) is 0 Å². The smallest absolute Gasteiger partial charge is 0.116 e. The molecule has 0 amide bonds. The number of hydrogen-bond acceptors (Lipinski definition) is 3. The Morgan fingerprint density at radius 1 is 1.54 bits per heavy atom. The third-order valence-electron chi connectivity index (χ3n) is 1.50. The van der Waals surface area contributed by atoms with Crippen LogP contribution in [0.4, 0.5) is 5.69 Å². The summed E-state index contributed by atoms with van der Waals surface area (Å²) in [6.45, 7) is 0. The summed E-state index contributed by atoms with van der Waals surface area (Å²) in [5.41, 5.74) is 7.61. The van der Waals surface area contributed by atoms with Crippen molar-refractivity contribution in [2.75, 3.05) is 19.8 Å². The van der Waals surface area contributed by atoms with Crippen LogP contribution in [-0.4, -0.2) is 31.8 Å². The van der Waals surface area contributed by atoms with Gasteiger partial charge in [-0.15, -0.1) is 0 Å². The van der Waals surface area contributed by atoms with Crippen LogP contribution >= 0.6 is 0 Å². The molecule has 0 aliphatic carbocycles. The average molecular weight is 173 g/mol. The zero-order chi connectivity index (χ0) is 9.84. The van der Waals surface area contributed by atoms with Crippen molar-refractivity contribution in [2.45, 2.75) is 0 Å². The lowest BCUT2D eigenvalue weighted by molar-refractivity contribution is 0.567. The molecular formula is C9H12BN3. The molecule has 0 aliphatic rings. The molecule has 1 heterocycles. The van der Waals surface area contributed by atoms with Gasteiger partial charge in [-0.05, 0) is 12.1 Å². The molecule has 0 aliphatic heterocycles. The van der Waals surface area contributed by atoms with Gasteiger partial charge in [0.25, 0.3) is 0 Å². The van der Waals surface area contributed by atoms with E-state index in [0.29, 0.717) is 11.2 Å². The first kappa shape index (κ1) is 9.64. The summed E-state index contributed by atoms with van der Waals surface area (Å²) in [6.07, 6.45) is 5.31. The Hall–Kier alpha value is -1.45. The Kier molecular flexibility index (Phi) is 2.95. The number of aromatic nitrogens is 1. The van der Waals surface area contributed by atoms with E-state index in [1.54, 1.807) is 12.3 Å². The van der Waals surface area contributed by atoms with Crippen LogP contribution < -0.4 is 11.2 Å². The Bertz CT molecular complexity index is 321. The van der Waals surface area contributed by atoms with Crippen molar-refractivity contribution in [1.82, 2.24) is 9.88 Å². The van der Waals surface area contributed by atoms with Gasteiger partial charge in [-0.3, -0.25) is 4.98 Å². The third-order valence-corrected chi connectivity index (χ3v) is 1.50. The van der Waals surface area contributed by atoms with Crippen LogP contribution in [0.2, 0.25) is 0 Å². The summed E-state index contributed by atoms with van der Waals surface area (Å²) in [5, 5.41) is 0. The monoisotopic (exact) mass is 173 g/mol. The molecular weight excluding hydrogens is 161 g/mol. The summed E-state index contributed by atoms with van der Waals surface area (Å²) in [6, 6.07) is 1.70. The van der Waals surface area contributed by atoms with Gasteiger partial charge in [0.05, 0.1) is 11.4 Å². The van der Waals surface area contributed by atoms with Crippen LogP contribution in [0.25, 0.3) is 6.08 Å². The number of nitrogens with two attached hydrogens (primary N) is 1. The number of anilines is 1. The second-order valence-electron chi connectivity index (χ2n) is 3.02. The second kappa shape index (κ2) is 3.98. The van der Waals surface area contributed by atoms with Crippen LogP contribution in [0, 0.1) is 0 Å². The lowest BCUT2D eigenvalue weighted by Gasteiger charge is -2.04. The minimum atomic E-state index is 0.583. The fraction of sp³-hybridized carbons (Fsp3) is 0.222. The molecule has 1 rings (SSSR count). The van der Waals surface area contributed by atoms with Gasteiger partial charge in [0, 0.05) is 26.5 Å². The van der Waals surface area contributed by atoms with E-state index >= 15 is 0 Å². The Balaban J connectivity index is 2.90. The van der Waals surface area contributed by atoms with Gasteiger partial charge in [0.15, 0.2) is 0 Å². The lowest BCUT2D eigenvalue weighted by Crippen LogP contribution is -2.07. The number of nitrogen functional groups attached to an aromatic ring is 1. The zero-order valence-corrected chi connectivity index (χ0v) is 7.86. The number of hydrogen-bond donors (Lipinski definition) is 1. The predicted molar refractivity (Wildman–Crippen MR) is 56.8 cm³/mol. The van der Waals surface area contributed by atoms with E-state index in [1.807, 2.05) is 31.3 Å². The number of nitrogens with zero attached hydrogens (tertiary/aromatic N) is 2. The number of pyridine rings is 1. The molecule has 2 N–H and O–H groups in total. The first-order chi connectivity index (χ1) is 6.09. The van der Waals surface area contributed by atoms with Crippen LogP contribution in [0.3, 0.4) is 0 Å². The van der Waals surface area contributed by atoms with E-state index in [-0.39, 0.29) is 0 Å². The van der Waals surface area contributed by atoms with E-state index < -0.39 is 0 Å². The van der Waals surface area contributed by atoms with Crippen LogP contribution in [0.1, 0.15) is 5.69 Å². The van der Waals surface area contributed by atoms with Gasteiger partial charge < -0.3 is 10.6 Å². The summed E-state index contributed by atoms with van der Waals surface area (Å²) in [5.74, 6) is 0. The standard InChI is InChI=1S/C9H12BN3/c1-13(2)4-3-9-8(11)5-7(10)6-12-9/h3-6H,11H2,1-2H3/b4-3+. The van der Waals surface area contributed by atoms with Crippen molar-refractivity contribution < 1.29 is 0 Å². The molecule has 0 atom stereocenters. The second-order valence-corrected chi connectivity index (χ2v) is 3.02. The largest absolute Gasteiger partial charge is 0.397 e. The molecule has 0 unspecified atom stereocenters. The Morgan fingerprint density at radius 3 is 2.77 bits per heavy atom. The molecule has 0 saturated carbocycles. The highest BCUT2D eigenvalue weighted by Crippen LogP contribution is 2.07. The van der Waals surface area contributed by atoms with Crippen molar-refractivity contribution in [2.24, 2.45) is 0 Å². The first-order valence-electron chi connectivity index (χ1n) is 3.95. The molecule has 2 radical (unpaired) electrons. The van der Waals surface area contributed by atoms with E-state index in [9.17, 15) is 0 Å². The predicted octanol–water partition coefficient (Wildman–Crippen LogP) is -0.0101. The molecule has 1 aromatic rings. The lowest BCUT2D eigenvalue weighted by atomic mass is 9.98. The van der Waals surface area contributed by atoms with E-state index in [2.05, 4.69) is 4.98 Å². The van der Waals surface area contributed by atoms with E-state index in [1.165, 1.54) is 0 Å². The fourth-order valence-corrected chi connectivity index (χ4v) is 0.868. The SMILES string of the molecule is [B]c1cnc(/C=C/N(C)C)c(N)c1. The molecule has 0 fully saturated rings. The van der Waals surface area contributed by atoms with Crippen molar-refractivity contribution in [3.8, 4) is 0 Å². The van der Waals surface area contributed by atoms with Crippen LogP contribution in [-0.2, 0) is 0 Å². The average Bonchev–Trinajstić information content (AvgIpc) is 2.02. The van der Waals surface area contributed by atoms with Crippen molar-refractivity contribution in [1.29, 1.82) is 0 Å².